The number of hydrogen-bond donors (Lipinski definition) is 3. The molecule has 0 aliphatic heterocycles. The van der Waals surface area contributed by atoms with Crippen molar-refractivity contribution >= 4 is 23.5 Å². The molecule has 0 saturated carbocycles. The van der Waals surface area contributed by atoms with Gasteiger partial charge < -0.3 is 20.3 Å². The SMILES string of the molecule is COc1ccc(Cl)cc1C(=O)N[C@H](CCO)C(=O)O. The molecule has 1 aromatic rings. The van der Waals surface area contributed by atoms with Crippen molar-refractivity contribution in [1.29, 1.82) is 0 Å². The number of ether oxygens (including phenoxy) is 1. The average Bonchev–Trinajstić information content (AvgIpc) is 2.37. The fourth-order valence-corrected chi connectivity index (χ4v) is 1.65. The molecule has 0 aliphatic carbocycles. The monoisotopic (exact) mass is 287 g/mol. The molecule has 3 N–H and O–H groups in total. The van der Waals surface area contributed by atoms with Crippen molar-refractivity contribution in [3.8, 4) is 5.75 Å². The van der Waals surface area contributed by atoms with Crippen LogP contribution in [-0.4, -0.2) is 41.8 Å². The Labute approximate surface area is 114 Å². The molecule has 0 fully saturated rings. The normalized spacial score (nSPS) is 11.7. The first kappa shape index (κ1) is 15.3. The van der Waals surface area contributed by atoms with Gasteiger partial charge in [-0.05, 0) is 18.2 Å². The van der Waals surface area contributed by atoms with E-state index in [2.05, 4.69) is 5.32 Å². The van der Waals surface area contributed by atoms with Crippen LogP contribution in [0.1, 0.15) is 16.8 Å². The summed E-state index contributed by atoms with van der Waals surface area (Å²) in [5.74, 6) is -1.56. The summed E-state index contributed by atoms with van der Waals surface area (Å²) in [4.78, 5) is 22.9. The van der Waals surface area contributed by atoms with Gasteiger partial charge in [0.1, 0.15) is 11.8 Å². The highest BCUT2D eigenvalue weighted by Crippen LogP contribution is 2.22. The van der Waals surface area contributed by atoms with E-state index in [0.717, 1.165) is 0 Å². The largest absolute Gasteiger partial charge is 0.496 e. The third-order valence-electron chi connectivity index (χ3n) is 2.43. The van der Waals surface area contributed by atoms with Gasteiger partial charge in [0.15, 0.2) is 0 Å². The van der Waals surface area contributed by atoms with Gasteiger partial charge in [-0.1, -0.05) is 11.6 Å². The molecule has 19 heavy (non-hydrogen) atoms. The Balaban J connectivity index is 2.93. The minimum atomic E-state index is -1.22. The molecule has 104 valence electrons. The van der Waals surface area contributed by atoms with Gasteiger partial charge in [0.2, 0.25) is 0 Å². The minimum absolute atomic E-state index is 0.0794. The Kier molecular flexibility index (Phi) is 5.59. The zero-order valence-corrected chi connectivity index (χ0v) is 11.0. The summed E-state index contributed by atoms with van der Waals surface area (Å²) >= 11 is 5.79. The van der Waals surface area contributed by atoms with E-state index in [-0.39, 0.29) is 24.3 Å². The molecule has 1 amide bonds. The maximum atomic E-state index is 12.0. The highest BCUT2D eigenvalue weighted by molar-refractivity contribution is 6.31. The van der Waals surface area contributed by atoms with Crippen molar-refractivity contribution in [2.75, 3.05) is 13.7 Å². The molecule has 0 aliphatic rings. The average molecular weight is 288 g/mol. The maximum Gasteiger partial charge on any atom is 0.326 e. The lowest BCUT2D eigenvalue weighted by Crippen LogP contribution is -2.41. The maximum absolute atomic E-state index is 12.0. The number of hydrogen-bond acceptors (Lipinski definition) is 4. The van der Waals surface area contributed by atoms with Crippen molar-refractivity contribution < 1.29 is 24.5 Å². The summed E-state index contributed by atoms with van der Waals surface area (Å²) in [6.45, 7) is -0.343. The zero-order chi connectivity index (χ0) is 14.4. The predicted molar refractivity (Wildman–Crippen MR) is 68.6 cm³/mol. The lowest BCUT2D eigenvalue weighted by Gasteiger charge is -2.14. The fourth-order valence-electron chi connectivity index (χ4n) is 1.48. The van der Waals surface area contributed by atoms with Crippen LogP contribution in [-0.2, 0) is 4.79 Å². The number of nitrogens with one attached hydrogen (secondary N) is 1. The van der Waals surface area contributed by atoms with Gasteiger partial charge in [0.25, 0.3) is 5.91 Å². The standard InChI is InChI=1S/C12H14ClNO5/c1-19-10-3-2-7(13)6-8(10)11(16)14-9(4-5-15)12(17)18/h2-3,6,9,15H,4-5H2,1H3,(H,14,16)(H,17,18)/t9-/m1/s1. The number of carboxylic acids is 1. The number of methoxy groups -OCH3 is 1. The smallest absolute Gasteiger partial charge is 0.326 e. The van der Waals surface area contributed by atoms with E-state index < -0.39 is 17.9 Å². The molecule has 6 nitrogen and oxygen atoms in total. The molecule has 0 bridgehead atoms. The van der Waals surface area contributed by atoms with Gasteiger partial charge in [-0.25, -0.2) is 4.79 Å². The molecule has 0 aromatic heterocycles. The van der Waals surface area contributed by atoms with E-state index in [4.69, 9.17) is 26.6 Å². The van der Waals surface area contributed by atoms with Crippen molar-refractivity contribution in [2.45, 2.75) is 12.5 Å². The van der Waals surface area contributed by atoms with Gasteiger partial charge in [-0.15, -0.1) is 0 Å². The summed E-state index contributed by atoms with van der Waals surface area (Å²) in [6, 6.07) is 3.29. The molecule has 1 atom stereocenters. The molecule has 0 unspecified atom stereocenters. The first-order valence-electron chi connectivity index (χ1n) is 5.47. The first-order valence-corrected chi connectivity index (χ1v) is 5.85. The molecule has 0 spiro atoms. The Morgan fingerprint density at radius 1 is 1.47 bits per heavy atom. The Bertz CT molecular complexity index is 477. The van der Waals surface area contributed by atoms with E-state index in [1.165, 1.54) is 19.2 Å². The molecule has 1 rings (SSSR count). The quantitative estimate of drug-likeness (QED) is 0.723. The van der Waals surface area contributed by atoms with E-state index in [1.807, 2.05) is 0 Å². The van der Waals surface area contributed by atoms with Crippen LogP contribution in [0.4, 0.5) is 0 Å². The van der Waals surface area contributed by atoms with Crippen LogP contribution in [0.5, 0.6) is 5.75 Å². The summed E-state index contributed by atoms with van der Waals surface area (Å²) in [5, 5.41) is 20.3. The first-order chi connectivity index (χ1) is 8.99. The van der Waals surface area contributed by atoms with Crippen molar-refractivity contribution in [1.82, 2.24) is 5.32 Å². The van der Waals surface area contributed by atoms with Gasteiger partial charge in [0.05, 0.1) is 12.7 Å². The van der Waals surface area contributed by atoms with Crippen LogP contribution < -0.4 is 10.1 Å². The number of carboxylic acid groups (broad SMARTS) is 1. The van der Waals surface area contributed by atoms with Crippen LogP contribution in [0.3, 0.4) is 0 Å². The van der Waals surface area contributed by atoms with Crippen molar-refractivity contribution in [3.63, 3.8) is 0 Å². The number of aliphatic hydroxyl groups is 1. The Hall–Kier alpha value is -1.79. The fraction of sp³-hybridized carbons (Fsp3) is 0.333. The topological polar surface area (TPSA) is 95.9 Å². The lowest BCUT2D eigenvalue weighted by molar-refractivity contribution is -0.139. The van der Waals surface area contributed by atoms with Gasteiger partial charge in [-0.3, -0.25) is 4.79 Å². The Morgan fingerprint density at radius 2 is 2.16 bits per heavy atom. The number of benzene rings is 1. The van der Waals surface area contributed by atoms with E-state index in [1.54, 1.807) is 6.07 Å². The van der Waals surface area contributed by atoms with Crippen LogP contribution in [0.2, 0.25) is 5.02 Å². The van der Waals surface area contributed by atoms with Gasteiger partial charge in [0, 0.05) is 18.1 Å². The number of aliphatic hydroxyl groups excluding tert-OH is 1. The lowest BCUT2D eigenvalue weighted by atomic mass is 10.1. The van der Waals surface area contributed by atoms with Gasteiger partial charge >= 0.3 is 5.97 Å². The second-order valence-corrected chi connectivity index (χ2v) is 4.16. The molecule has 0 heterocycles. The summed E-state index contributed by atoms with van der Waals surface area (Å²) in [5.41, 5.74) is 0.138. The van der Waals surface area contributed by atoms with Crippen molar-refractivity contribution in [3.05, 3.63) is 28.8 Å². The molecule has 1 aromatic carbocycles. The van der Waals surface area contributed by atoms with Crippen LogP contribution in [0.15, 0.2) is 18.2 Å². The number of carbonyl (C=O) groups excluding carboxylic acids is 1. The minimum Gasteiger partial charge on any atom is -0.496 e. The van der Waals surface area contributed by atoms with Crippen LogP contribution >= 0.6 is 11.6 Å². The predicted octanol–water partition coefficient (Wildman–Crippen LogP) is 0.914. The molecular formula is C12H14ClNO5. The molecule has 0 radical (unpaired) electrons. The Morgan fingerprint density at radius 3 is 2.68 bits per heavy atom. The highest BCUT2D eigenvalue weighted by atomic mass is 35.5. The number of rotatable bonds is 6. The zero-order valence-electron chi connectivity index (χ0n) is 10.2. The summed E-state index contributed by atoms with van der Waals surface area (Å²) < 4.78 is 5.01. The van der Waals surface area contributed by atoms with Crippen LogP contribution in [0.25, 0.3) is 0 Å². The molecule has 7 heteroatoms. The summed E-state index contributed by atoms with van der Waals surface area (Å²) in [6.07, 6.45) is -0.0794. The van der Waals surface area contributed by atoms with Gasteiger partial charge in [-0.2, -0.15) is 0 Å². The van der Waals surface area contributed by atoms with E-state index >= 15 is 0 Å². The number of carbonyl (C=O) groups is 2. The molecular weight excluding hydrogens is 274 g/mol. The number of aliphatic carboxylic acids is 1. The second kappa shape index (κ2) is 6.96. The number of amides is 1. The van der Waals surface area contributed by atoms with Crippen molar-refractivity contribution in [2.24, 2.45) is 0 Å². The number of halogens is 1. The van der Waals surface area contributed by atoms with E-state index in [0.29, 0.717) is 5.02 Å². The van der Waals surface area contributed by atoms with E-state index in [9.17, 15) is 9.59 Å². The second-order valence-electron chi connectivity index (χ2n) is 3.72. The third kappa shape index (κ3) is 4.11. The third-order valence-corrected chi connectivity index (χ3v) is 2.66. The van der Waals surface area contributed by atoms with Crippen LogP contribution in [0, 0.1) is 0 Å². The molecule has 0 saturated heterocycles. The summed E-state index contributed by atoms with van der Waals surface area (Å²) in [7, 11) is 1.39. The highest BCUT2D eigenvalue weighted by Gasteiger charge is 2.22.